The fourth-order valence-corrected chi connectivity index (χ4v) is 5.72. The van der Waals surface area contributed by atoms with Crippen molar-refractivity contribution in [3.8, 4) is 5.75 Å². The van der Waals surface area contributed by atoms with E-state index in [2.05, 4.69) is 4.84 Å². The molecule has 1 fully saturated rings. The Morgan fingerprint density at radius 2 is 1.93 bits per heavy atom. The highest BCUT2D eigenvalue weighted by Crippen LogP contribution is 2.39. The van der Waals surface area contributed by atoms with Crippen molar-refractivity contribution in [1.29, 1.82) is 0 Å². The van der Waals surface area contributed by atoms with Crippen LogP contribution in [0.2, 0.25) is 0 Å². The van der Waals surface area contributed by atoms with E-state index < -0.39 is 11.1 Å². The lowest BCUT2D eigenvalue weighted by molar-refractivity contribution is -0.757. The number of rotatable bonds is 13. The van der Waals surface area contributed by atoms with Gasteiger partial charge in [0.25, 0.3) is 5.09 Å². The molecule has 0 saturated carbocycles. The zero-order chi connectivity index (χ0) is 20.9. The molecule has 1 unspecified atom stereocenters. The molecule has 1 aromatic carbocycles. The van der Waals surface area contributed by atoms with Gasteiger partial charge in [-0.25, -0.2) is 4.79 Å². The summed E-state index contributed by atoms with van der Waals surface area (Å²) in [5, 5.41) is 9.88. The normalized spacial score (nSPS) is 15.7. The summed E-state index contributed by atoms with van der Waals surface area (Å²) >= 11 is 0. The molecular weight excluding hydrogens is 418 g/mol. The van der Waals surface area contributed by atoms with Crippen molar-refractivity contribution in [3.63, 3.8) is 0 Å². The Morgan fingerprint density at radius 1 is 1.14 bits per heavy atom. The summed E-state index contributed by atoms with van der Waals surface area (Å²) in [5.41, 5.74) is 0.182. The van der Waals surface area contributed by atoms with E-state index >= 15 is 0 Å². The summed E-state index contributed by atoms with van der Waals surface area (Å²) in [7, 11) is 3.84. The monoisotopic (exact) mass is 443 g/mol. The van der Waals surface area contributed by atoms with Gasteiger partial charge in [-0.1, -0.05) is 40.1 Å². The van der Waals surface area contributed by atoms with Gasteiger partial charge < -0.3 is 14.3 Å². The number of para-hydroxylation sites is 1. The van der Waals surface area contributed by atoms with E-state index in [-0.39, 0.29) is 30.5 Å². The van der Waals surface area contributed by atoms with Crippen molar-refractivity contribution < 1.29 is 29.0 Å². The van der Waals surface area contributed by atoms with Gasteiger partial charge in [0.05, 0.1) is 13.2 Å². The highest BCUT2D eigenvalue weighted by atomic mass is 33.1. The maximum absolute atomic E-state index is 12.2. The number of esters is 2. The largest absolute Gasteiger partial charge is 0.462 e. The predicted octanol–water partition coefficient (Wildman–Crippen LogP) is 4.45. The molecule has 29 heavy (non-hydrogen) atoms. The molecule has 0 N–H and O–H groups in total. The molecule has 1 atom stereocenters. The Kier molecular flexibility index (Phi) is 10.7. The third-order valence-electron chi connectivity index (χ3n) is 4.18. The minimum absolute atomic E-state index is 0.0446. The van der Waals surface area contributed by atoms with E-state index in [4.69, 9.17) is 9.47 Å². The topological polar surface area (TPSA) is 105 Å². The molecule has 2 rings (SSSR count). The molecule has 0 bridgehead atoms. The van der Waals surface area contributed by atoms with Crippen LogP contribution in [0, 0.1) is 10.1 Å². The molecule has 0 amide bonds. The molecule has 0 aliphatic carbocycles. The minimum Gasteiger partial charge on any atom is -0.462 e. The Balaban J connectivity index is 1.70. The molecule has 8 nitrogen and oxygen atoms in total. The van der Waals surface area contributed by atoms with Gasteiger partial charge in [-0.05, 0) is 44.2 Å². The summed E-state index contributed by atoms with van der Waals surface area (Å²) in [4.78, 5) is 38.6. The van der Waals surface area contributed by atoms with Crippen LogP contribution in [-0.4, -0.2) is 41.2 Å². The average Bonchev–Trinajstić information content (AvgIpc) is 3.21. The highest BCUT2D eigenvalue weighted by molar-refractivity contribution is 8.77. The molecule has 1 aliphatic heterocycles. The summed E-state index contributed by atoms with van der Waals surface area (Å²) in [6.07, 6.45) is 5.22. The number of hydrogen-bond acceptors (Lipinski definition) is 9. The lowest BCUT2D eigenvalue weighted by Crippen LogP contribution is -2.13. The molecule has 1 aliphatic rings. The Bertz CT molecular complexity index is 680. The first-order valence-electron chi connectivity index (χ1n) is 9.58. The number of nitrogens with zero attached hydrogens (tertiary/aromatic N) is 1. The van der Waals surface area contributed by atoms with Crippen LogP contribution in [-0.2, 0) is 14.4 Å². The summed E-state index contributed by atoms with van der Waals surface area (Å²) in [6.45, 7) is 0.0523. The lowest BCUT2D eigenvalue weighted by Gasteiger charge is -2.10. The molecular formula is C19H25NO7S2. The SMILES string of the molecule is O=C(CCCCC1CCSS1)Oc1ccccc1C(=O)OCCCCO[N+](=O)[O-]. The van der Waals surface area contributed by atoms with E-state index in [0.717, 1.165) is 19.3 Å². The lowest BCUT2D eigenvalue weighted by atomic mass is 10.1. The fraction of sp³-hybridized carbons (Fsp3) is 0.579. The van der Waals surface area contributed by atoms with Gasteiger partial charge in [-0.2, -0.15) is 0 Å². The predicted molar refractivity (Wildman–Crippen MR) is 111 cm³/mol. The highest BCUT2D eigenvalue weighted by Gasteiger charge is 2.18. The molecule has 1 aromatic rings. The molecule has 0 aromatic heterocycles. The van der Waals surface area contributed by atoms with Gasteiger partial charge in [-0.3, -0.25) is 4.79 Å². The number of hydrogen-bond donors (Lipinski definition) is 0. The van der Waals surface area contributed by atoms with Crippen molar-refractivity contribution in [1.82, 2.24) is 0 Å². The van der Waals surface area contributed by atoms with Crippen LogP contribution in [0.3, 0.4) is 0 Å². The standard InChI is InChI=1S/C19H25NO7S2/c21-18(10-4-1-7-15-11-14-28-29-15)27-17-9-3-2-8-16(17)19(22)25-12-5-6-13-26-20(23)24/h2-3,8-9,15H,1,4-7,10-14H2. The second-order valence-corrected chi connectivity index (χ2v) is 9.23. The maximum Gasteiger partial charge on any atom is 0.341 e. The van der Waals surface area contributed by atoms with E-state index in [9.17, 15) is 19.7 Å². The zero-order valence-corrected chi connectivity index (χ0v) is 17.7. The van der Waals surface area contributed by atoms with Gasteiger partial charge in [-0.15, -0.1) is 10.1 Å². The van der Waals surface area contributed by atoms with Gasteiger partial charge in [0.1, 0.15) is 11.3 Å². The Labute approximate surface area is 177 Å². The van der Waals surface area contributed by atoms with Gasteiger partial charge in [0.15, 0.2) is 0 Å². The molecule has 1 heterocycles. The van der Waals surface area contributed by atoms with Crippen molar-refractivity contribution in [3.05, 3.63) is 39.9 Å². The second kappa shape index (κ2) is 13.3. The number of unbranched alkanes of at least 4 members (excludes halogenated alkanes) is 2. The van der Waals surface area contributed by atoms with Gasteiger partial charge in [0.2, 0.25) is 0 Å². The van der Waals surface area contributed by atoms with Gasteiger partial charge in [0, 0.05) is 17.4 Å². The number of carbonyl (C=O) groups is 2. The van der Waals surface area contributed by atoms with Crippen LogP contribution in [0.5, 0.6) is 5.75 Å². The van der Waals surface area contributed by atoms with E-state index in [0.29, 0.717) is 24.5 Å². The first kappa shape index (κ1) is 23.3. The van der Waals surface area contributed by atoms with Crippen molar-refractivity contribution in [2.75, 3.05) is 19.0 Å². The van der Waals surface area contributed by atoms with Crippen LogP contribution in [0.4, 0.5) is 0 Å². The smallest absolute Gasteiger partial charge is 0.341 e. The first-order valence-corrected chi connectivity index (χ1v) is 12.0. The third kappa shape index (κ3) is 9.40. The van der Waals surface area contributed by atoms with Gasteiger partial charge >= 0.3 is 11.9 Å². The summed E-state index contributed by atoms with van der Waals surface area (Å²) in [6, 6.07) is 6.45. The summed E-state index contributed by atoms with van der Waals surface area (Å²) < 4.78 is 10.5. The minimum atomic E-state index is -0.858. The van der Waals surface area contributed by atoms with Crippen molar-refractivity contribution >= 4 is 33.5 Å². The fourth-order valence-electron chi connectivity index (χ4n) is 2.69. The number of ether oxygens (including phenoxy) is 2. The molecule has 1 saturated heterocycles. The van der Waals surface area contributed by atoms with Crippen LogP contribution in [0.1, 0.15) is 55.3 Å². The quantitative estimate of drug-likeness (QED) is 0.109. The van der Waals surface area contributed by atoms with Crippen LogP contribution >= 0.6 is 21.6 Å². The van der Waals surface area contributed by atoms with Crippen LogP contribution < -0.4 is 4.74 Å². The molecule has 10 heteroatoms. The maximum atomic E-state index is 12.2. The zero-order valence-electron chi connectivity index (χ0n) is 16.1. The molecule has 160 valence electrons. The van der Waals surface area contributed by atoms with E-state index in [1.54, 1.807) is 18.2 Å². The molecule has 0 spiro atoms. The number of benzene rings is 1. The summed E-state index contributed by atoms with van der Waals surface area (Å²) in [5.74, 6) is 0.425. The molecule has 0 radical (unpaired) electrons. The third-order valence-corrected chi connectivity index (χ3v) is 7.19. The van der Waals surface area contributed by atoms with Crippen LogP contribution in [0.15, 0.2) is 24.3 Å². The second-order valence-electron chi connectivity index (χ2n) is 6.44. The van der Waals surface area contributed by atoms with Crippen molar-refractivity contribution in [2.24, 2.45) is 0 Å². The number of carbonyl (C=O) groups excluding carboxylic acids is 2. The Morgan fingerprint density at radius 3 is 2.69 bits per heavy atom. The van der Waals surface area contributed by atoms with E-state index in [1.165, 1.54) is 18.2 Å². The van der Waals surface area contributed by atoms with E-state index in [1.807, 2.05) is 21.6 Å². The first-order chi connectivity index (χ1) is 14.1. The average molecular weight is 444 g/mol. The van der Waals surface area contributed by atoms with Crippen molar-refractivity contribution in [2.45, 2.75) is 50.2 Å². The van der Waals surface area contributed by atoms with Crippen LogP contribution in [0.25, 0.3) is 0 Å². The Hall–Kier alpha value is -1.94.